The number of likely N-dealkylation sites (tertiary alicyclic amines) is 1. The maximum Gasteiger partial charge on any atom is 0.314 e. The highest BCUT2D eigenvalue weighted by molar-refractivity contribution is 5.73. The molecule has 0 bridgehead atoms. The fourth-order valence-electron chi connectivity index (χ4n) is 3.48. The second kappa shape index (κ2) is 9.78. The predicted octanol–water partition coefficient (Wildman–Crippen LogP) is 2.84. The summed E-state index contributed by atoms with van der Waals surface area (Å²) in [6.45, 7) is 9.27. The normalized spacial score (nSPS) is 18.6. The van der Waals surface area contributed by atoms with Gasteiger partial charge in [-0.1, -0.05) is 36.8 Å². The van der Waals surface area contributed by atoms with Gasteiger partial charge in [-0.05, 0) is 57.7 Å². The van der Waals surface area contributed by atoms with E-state index in [1.54, 1.807) is 6.92 Å². The molecule has 1 saturated heterocycles. The fraction of sp³-hybridized carbons (Fsp3) is 0.650. The number of hydrogen-bond acceptors (Lipinski definition) is 3. The molecule has 0 aliphatic carbocycles. The molecule has 0 aromatic heterocycles. The predicted molar refractivity (Wildman–Crippen MR) is 102 cm³/mol. The summed E-state index contributed by atoms with van der Waals surface area (Å²) >= 11 is 0. The van der Waals surface area contributed by atoms with E-state index in [4.69, 9.17) is 0 Å². The van der Waals surface area contributed by atoms with Gasteiger partial charge in [0.25, 0.3) is 0 Å². The Bertz CT molecular complexity index is 524. The van der Waals surface area contributed by atoms with Crippen molar-refractivity contribution in [3.8, 4) is 0 Å². The molecule has 140 valence electrons. The lowest BCUT2D eigenvalue weighted by Crippen LogP contribution is -2.42. The van der Waals surface area contributed by atoms with Crippen LogP contribution in [0.1, 0.15) is 50.3 Å². The van der Waals surface area contributed by atoms with E-state index in [9.17, 15) is 9.90 Å². The number of rotatable bonds is 8. The number of nitrogens with one attached hydrogen (secondary N) is 2. The summed E-state index contributed by atoms with van der Waals surface area (Å²) in [5.41, 5.74) is 2.51. The number of aliphatic hydroxyl groups is 1. The molecule has 25 heavy (non-hydrogen) atoms. The van der Waals surface area contributed by atoms with Crippen molar-refractivity contribution in [2.75, 3.05) is 26.2 Å². The van der Waals surface area contributed by atoms with Gasteiger partial charge in [0, 0.05) is 13.1 Å². The zero-order valence-electron chi connectivity index (χ0n) is 15.8. The lowest BCUT2D eigenvalue weighted by atomic mass is 10.0. The summed E-state index contributed by atoms with van der Waals surface area (Å²) in [4.78, 5) is 14.6. The Morgan fingerprint density at radius 3 is 2.32 bits per heavy atom. The van der Waals surface area contributed by atoms with Crippen molar-refractivity contribution >= 4 is 6.03 Å². The second-order valence-electron chi connectivity index (χ2n) is 7.45. The van der Waals surface area contributed by atoms with Crippen molar-refractivity contribution in [3.05, 3.63) is 35.4 Å². The quantitative estimate of drug-likeness (QED) is 0.677. The molecular formula is C20H33N3O2. The SMILES string of the molecule is Cc1ccc(C(CNC(=O)NCC(C)CC(C)O)N2CCCC2)cc1. The molecule has 5 heteroatoms. The van der Waals surface area contributed by atoms with Crippen molar-refractivity contribution in [2.45, 2.75) is 52.2 Å². The highest BCUT2D eigenvalue weighted by Crippen LogP contribution is 2.24. The Morgan fingerprint density at radius 2 is 1.72 bits per heavy atom. The minimum atomic E-state index is -0.332. The Kier molecular flexibility index (Phi) is 7.72. The van der Waals surface area contributed by atoms with Crippen LogP contribution in [0, 0.1) is 12.8 Å². The third kappa shape index (κ3) is 6.67. The average Bonchev–Trinajstić information content (AvgIpc) is 3.08. The number of amides is 2. The highest BCUT2D eigenvalue weighted by Gasteiger charge is 2.23. The van der Waals surface area contributed by atoms with Gasteiger partial charge in [0.05, 0.1) is 12.1 Å². The topological polar surface area (TPSA) is 64.6 Å². The molecule has 1 aromatic rings. The van der Waals surface area contributed by atoms with E-state index in [-0.39, 0.29) is 24.1 Å². The molecule has 0 saturated carbocycles. The Labute approximate surface area is 151 Å². The van der Waals surface area contributed by atoms with E-state index < -0.39 is 0 Å². The summed E-state index contributed by atoms with van der Waals surface area (Å²) in [6.07, 6.45) is 2.82. The number of aliphatic hydroxyl groups excluding tert-OH is 1. The van der Waals surface area contributed by atoms with Crippen LogP contribution in [0.4, 0.5) is 4.79 Å². The summed E-state index contributed by atoms with van der Waals surface area (Å²) in [5, 5.41) is 15.3. The van der Waals surface area contributed by atoms with Crippen LogP contribution in [0.25, 0.3) is 0 Å². The molecule has 0 radical (unpaired) electrons. The van der Waals surface area contributed by atoms with Crippen LogP contribution in [-0.4, -0.2) is 48.3 Å². The van der Waals surface area contributed by atoms with Gasteiger partial charge in [-0.25, -0.2) is 4.79 Å². The number of aryl methyl sites for hydroxylation is 1. The molecule has 3 N–H and O–H groups in total. The van der Waals surface area contributed by atoms with E-state index in [0.29, 0.717) is 19.5 Å². The minimum absolute atomic E-state index is 0.131. The van der Waals surface area contributed by atoms with Crippen LogP contribution < -0.4 is 10.6 Å². The van der Waals surface area contributed by atoms with Crippen LogP contribution in [-0.2, 0) is 0 Å². The number of hydrogen-bond donors (Lipinski definition) is 3. The number of benzene rings is 1. The zero-order chi connectivity index (χ0) is 18.2. The fourth-order valence-corrected chi connectivity index (χ4v) is 3.48. The van der Waals surface area contributed by atoms with Crippen LogP contribution in [0.15, 0.2) is 24.3 Å². The van der Waals surface area contributed by atoms with E-state index >= 15 is 0 Å². The van der Waals surface area contributed by atoms with Crippen molar-refractivity contribution < 1.29 is 9.90 Å². The number of urea groups is 1. The van der Waals surface area contributed by atoms with Gasteiger partial charge in [-0.15, -0.1) is 0 Å². The molecule has 1 aliphatic heterocycles. The lowest BCUT2D eigenvalue weighted by molar-refractivity contribution is 0.163. The molecule has 1 fully saturated rings. The molecule has 0 spiro atoms. The molecule has 5 nitrogen and oxygen atoms in total. The first-order valence-corrected chi connectivity index (χ1v) is 9.46. The molecule has 1 aliphatic rings. The first-order valence-electron chi connectivity index (χ1n) is 9.46. The molecule has 1 aromatic carbocycles. The van der Waals surface area contributed by atoms with Gasteiger partial charge in [0.2, 0.25) is 0 Å². The van der Waals surface area contributed by atoms with Crippen molar-refractivity contribution in [1.29, 1.82) is 0 Å². The first-order chi connectivity index (χ1) is 12.0. The number of nitrogens with zero attached hydrogens (tertiary/aromatic N) is 1. The van der Waals surface area contributed by atoms with E-state index in [0.717, 1.165) is 13.1 Å². The van der Waals surface area contributed by atoms with Crippen LogP contribution in [0.3, 0.4) is 0 Å². The van der Waals surface area contributed by atoms with Gasteiger partial charge in [0.1, 0.15) is 0 Å². The van der Waals surface area contributed by atoms with Gasteiger partial charge < -0.3 is 15.7 Å². The Morgan fingerprint density at radius 1 is 1.12 bits per heavy atom. The molecule has 3 unspecified atom stereocenters. The monoisotopic (exact) mass is 347 g/mol. The van der Waals surface area contributed by atoms with Gasteiger partial charge in [-0.2, -0.15) is 0 Å². The van der Waals surface area contributed by atoms with Crippen molar-refractivity contribution in [1.82, 2.24) is 15.5 Å². The third-order valence-electron chi connectivity index (χ3n) is 4.85. The van der Waals surface area contributed by atoms with E-state index in [1.165, 1.54) is 24.0 Å². The van der Waals surface area contributed by atoms with Gasteiger partial charge in [-0.3, -0.25) is 4.90 Å². The molecule has 1 heterocycles. The van der Waals surface area contributed by atoms with Crippen LogP contribution in [0.5, 0.6) is 0 Å². The van der Waals surface area contributed by atoms with Gasteiger partial charge in [0.15, 0.2) is 0 Å². The highest BCUT2D eigenvalue weighted by atomic mass is 16.3. The summed E-state index contributed by atoms with van der Waals surface area (Å²) in [7, 11) is 0. The second-order valence-corrected chi connectivity index (χ2v) is 7.45. The van der Waals surface area contributed by atoms with Crippen molar-refractivity contribution in [2.24, 2.45) is 5.92 Å². The Hall–Kier alpha value is -1.59. The molecule has 2 amide bonds. The van der Waals surface area contributed by atoms with E-state index in [1.807, 2.05) is 6.92 Å². The molecular weight excluding hydrogens is 314 g/mol. The maximum absolute atomic E-state index is 12.1. The standard InChI is InChI=1S/C20H33N3O2/c1-15-6-8-18(9-7-15)19(23-10-4-5-11-23)14-22-20(25)21-13-16(2)12-17(3)24/h6-9,16-17,19,24H,4-5,10-14H2,1-3H3,(H2,21,22,25). The van der Waals surface area contributed by atoms with E-state index in [2.05, 4.69) is 46.7 Å². The molecule has 2 rings (SSSR count). The Balaban J connectivity index is 1.86. The average molecular weight is 348 g/mol. The zero-order valence-corrected chi connectivity index (χ0v) is 15.8. The third-order valence-corrected chi connectivity index (χ3v) is 4.85. The molecule has 3 atom stereocenters. The number of carbonyl (C=O) groups is 1. The maximum atomic E-state index is 12.1. The summed E-state index contributed by atoms with van der Waals surface area (Å²) < 4.78 is 0. The smallest absolute Gasteiger partial charge is 0.314 e. The van der Waals surface area contributed by atoms with Crippen LogP contribution >= 0.6 is 0 Å². The summed E-state index contributed by atoms with van der Waals surface area (Å²) in [6, 6.07) is 8.70. The van der Waals surface area contributed by atoms with Crippen LogP contribution in [0.2, 0.25) is 0 Å². The van der Waals surface area contributed by atoms with Gasteiger partial charge >= 0.3 is 6.03 Å². The minimum Gasteiger partial charge on any atom is -0.393 e. The van der Waals surface area contributed by atoms with Crippen molar-refractivity contribution in [3.63, 3.8) is 0 Å². The summed E-state index contributed by atoms with van der Waals surface area (Å²) in [5.74, 6) is 0.261. The lowest BCUT2D eigenvalue weighted by Gasteiger charge is -2.28. The largest absolute Gasteiger partial charge is 0.393 e. The first kappa shape index (κ1) is 19.7. The number of carbonyl (C=O) groups excluding carboxylic acids is 1.